The summed E-state index contributed by atoms with van der Waals surface area (Å²) in [5.74, 6) is 0.869. The molecule has 0 N–H and O–H groups in total. The van der Waals surface area contributed by atoms with Crippen molar-refractivity contribution < 1.29 is 18.8 Å². The van der Waals surface area contributed by atoms with E-state index in [1.165, 1.54) is 6.20 Å². The lowest BCUT2D eigenvalue weighted by molar-refractivity contribution is 0.00956. The molecule has 2 aliphatic heterocycles. The van der Waals surface area contributed by atoms with Gasteiger partial charge in [-0.15, -0.1) is 0 Å². The molecule has 0 aromatic carbocycles. The van der Waals surface area contributed by atoms with Gasteiger partial charge in [0.25, 0.3) is 5.91 Å². The van der Waals surface area contributed by atoms with Gasteiger partial charge in [-0.3, -0.25) is 9.78 Å². The molecule has 2 aromatic rings. The number of pyridine rings is 1. The number of rotatable bonds is 3. The van der Waals surface area contributed by atoms with Gasteiger partial charge in [-0.1, -0.05) is 5.16 Å². The normalized spacial score (nSPS) is 26.8. The minimum absolute atomic E-state index is 0.0143. The number of hydrogen-bond donors (Lipinski definition) is 0. The minimum Gasteiger partial charge on any atom is -0.486 e. The topological polar surface area (TPSA) is 77.7 Å². The Labute approximate surface area is 133 Å². The monoisotopic (exact) mass is 315 g/mol. The number of hydrogen-bond acceptors (Lipinski definition) is 6. The van der Waals surface area contributed by atoms with Gasteiger partial charge in [-0.2, -0.15) is 0 Å². The molecule has 2 aliphatic rings. The third-order valence-electron chi connectivity index (χ3n) is 4.36. The molecule has 2 saturated heterocycles. The quantitative estimate of drug-likeness (QED) is 0.854. The van der Waals surface area contributed by atoms with E-state index in [0.29, 0.717) is 19.7 Å². The van der Waals surface area contributed by atoms with Gasteiger partial charge >= 0.3 is 0 Å². The molecular formula is C16H17N3O4. The van der Waals surface area contributed by atoms with Crippen LogP contribution in [0.1, 0.15) is 23.4 Å². The fourth-order valence-corrected chi connectivity index (χ4v) is 3.27. The average molecular weight is 315 g/mol. The maximum atomic E-state index is 12.3. The van der Waals surface area contributed by atoms with Gasteiger partial charge in [0.05, 0.1) is 31.1 Å². The number of carbonyl (C=O) groups excluding carboxylic acids is 1. The van der Waals surface area contributed by atoms with Crippen LogP contribution in [0.25, 0.3) is 0 Å². The van der Waals surface area contributed by atoms with Gasteiger partial charge in [0, 0.05) is 25.2 Å². The Kier molecular flexibility index (Phi) is 3.49. The van der Waals surface area contributed by atoms with E-state index in [-0.39, 0.29) is 23.4 Å². The summed E-state index contributed by atoms with van der Waals surface area (Å²) < 4.78 is 16.9. The van der Waals surface area contributed by atoms with Gasteiger partial charge in [0.15, 0.2) is 0 Å². The van der Waals surface area contributed by atoms with Crippen LogP contribution in [0.4, 0.5) is 0 Å². The molecule has 0 saturated carbocycles. The second-order valence-electron chi connectivity index (χ2n) is 5.98. The highest BCUT2D eigenvalue weighted by atomic mass is 16.6. The molecule has 7 nitrogen and oxygen atoms in total. The van der Waals surface area contributed by atoms with Gasteiger partial charge in [-0.25, -0.2) is 0 Å². The van der Waals surface area contributed by atoms with Crippen molar-refractivity contribution in [3.8, 4) is 5.75 Å². The number of carbonyl (C=O) groups is 1. The molecule has 2 atom stereocenters. The first kappa shape index (κ1) is 14.2. The van der Waals surface area contributed by atoms with Crippen molar-refractivity contribution in [2.45, 2.75) is 24.5 Å². The minimum atomic E-state index is -0.317. The first-order valence-electron chi connectivity index (χ1n) is 7.65. The molecule has 2 fully saturated rings. The Morgan fingerprint density at radius 3 is 3.13 bits per heavy atom. The molecule has 120 valence electrons. The summed E-state index contributed by atoms with van der Waals surface area (Å²) in [6.45, 7) is 1.73. The molecule has 23 heavy (non-hydrogen) atoms. The molecule has 7 heteroatoms. The van der Waals surface area contributed by atoms with Gasteiger partial charge < -0.3 is 18.9 Å². The predicted octanol–water partition coefficient (Wildman–Crippen LogP) is 1.52. The summed E-state index contributed by atoms with van der Waals surface area (Å²) in [4.78, 5) is 18.1. The van der Waals surface area contributed by atoms with Gasteiger partial charge in [0.1, 0.15) is 11.9 Å². The third-order valence-corrected chi connectivity index (χ3v) is 4.36. The summed E-state index contributed by atoms with van der Waals surface area (Å²) in [6, 6.07) is 5.30. The molecule has 1 amide bonds. The average Bonchev–Trinajstić information content (AvgIpc) is 3.31. The molecule has 2 unspecified atom stereocenters. The number of amides is 1. The van der Waals surface area contributed by atoms with Crippen LogP contribution in [0.15, 0.2) is 41.3 Å². The standard InChI is InChI=1S/C16H17N3O4/c20-15(14-3-6-18-23-14)19-7-4-16(11-19)8-13(10-21-16)22-12-2-1-5-17-9-12/h1-3,5-6,9,13H,4,7-8,10-11H2. The van der Waals surface area contributed by atoms with Crippen molar-refractivity contribution in [3.63, 3.8) is 0 Å². The molecule has 0 aliphatic carbocycles. The van der Waals surface area contributed by atoms with Gasteiger partial charge in [0.2, 0.25) is 5.76 Å². The van der Waals surface area contributed by atoms with Crippen LogP contribution >= 0.6 is 0 Å². The van der Waals surface area contributed by atoms with E-state index >= 15 is 0 Å². The number of likely N-dealkylation sites (tertiary alicyclic amines) is 1. The smallest absolute Gasteiger partial charge is 0.292 e. The van der Waals surface area contributed by atoms with Crippen LogP contribution in [0.2, 0.25) is 0 Å². The number of ether oxygens (including phenoxy) is 2. The largest absolute Gasteiger partial charge is 0.486 e. The van der Waals surface area contributed by atoms with E-state index in [9.17, 15) is 4.79 Å². The van der Waals surface area contributed by atoms with Crippen molar-refractivity contribution in [2.24, 2.45) is 0 Å². The van der Waals surface area contributed by atoms with Gasteiger partial charge in [-0.05, 0) is 18.6 Å². The van der Waals surface area contributed by atoms with Crippen molar-refractivity contribution in [1.29, 1.82) is 0 Å². The van der Waals surface area contributed by atoms with Crippen LogP contribution in [0.5, 0.6) is 5.75 Å². The summed E-state index contributed by atoms with van der Waals surface area (Å²) in [5, 5.41) is 3.58. The van der Waals surface area contributed by atoms with Crippen molar-refractivity contribution >= 4 is 5.91 Å². The van der Waals surface area contributed by atoms with Crippen LogP contribution in [0.3, 0.4) is 0 Å². The zero-order valence-corrected chi connectivity index (χ0v) is 12.6. The second kappa shape index (κ2) is 5.66. The fraction of sp³-hybridized carbons (Fsp3) is 0.438. The molecule has 4 heterocycles. The zero-order valence-electron chi connectivity index (χ0n) is 12.6. The van der Waals surface area contributed by atoms with Crippen LogP contribution < -0.4 is 4.74 Å². The maximum absolute atomic E-state index is 12.3. The highest BCUT2D eigenvalue weighted by Crippen LogP contribution is 2.37. The lowest BCUT2D eigenvalue weighted by Crippen LogP contribution is -2.36. The van der Waals surface area contributed by atoms with E-state index < -0.39 is 0 Å². The highest BCUT2D eigenvalue weighted by molar-refractivity contribution is 5.91. The van der Waals surface area contributed by atoms with Crippen molar-refractivity contribution in [3.05, 3.63) is 42.5 Å². The first-order valence-corrected chi connectivity index (χ1v) is 7.65. The summed E-state index contributed by atoms with van der Waals surface area (Å²) in [7, 11) is 0. The van der Waals surface area contributed by atoms with E-state index in [1.54, 1.807) is 23.4 Å². The predicted molar refractivity (Wildman–Crippen MR) is 79.0 cm³/mol. The molecule has 2 aromatic heterocycles. The Morgan fingerprint density at radius 1 is 1.39 bits per heavy atom. The second-order valence-corrected chi connectivity index (χ2v) is 5.98. The molecule has 0 bridgehead atoms. The van der Waals surface area contributed by atoms with Crippen LogP contribution in [-0.4, -0.2) is 52.3 Å². The molecule has 1 spiro atoms. The van der Waals surface area contributed by atoms with E-state index in [2.05, 4.69) is 10.1 Å². The summed E-state index contributed by atoms with van der Waals surface area (Å²) in [5.41, 5.74) is -0.317. The molecular weight excluding hydrogens is 298 g/mol. The van der Waals surface area contributed by atoms with Crippen LogP contribution in [0, 0.1) is 0 Å². The zero-order chi connectivity index (χ0) is 15.7. The van der Waals surface area contributed by atoms with Crippen LogP contribution in [-0.2, 0) is 4.74 Å². The first-order chi connectivity index (χ1) is 11.2. The Bertz CT molecular complexity index is 676. The SMILES string of the molecule is O=C(c1ccno1)N1CCC2(CC(Oc3cccnc3)CO2)C1. The Morgan fingerprint density at radius 2 is 2.35 bits per heavy atom. The highest BCUT2D eigenvalue weighted by Gasteiger charge is 2.48. The lowest BCUT2D eigenvalue weighted by atomic mass is 9.98. The molecule has 4 rings (SSSR count). The van der Waals surface area contributed by atoms with Crippen molar-refractivity contribution in [2.75, 3.05) is 19.7 Å². The van der Waals surface area contributed by atoms with E-state index in [4.69, 9.17) is 14.0 Å². The third kappa shape index (κ3) is 2.79. The Hall–Kier alpha value is -2.41. The number of nitrogens with zero attached hydrogens (tertiary/aromatic N) is 3. The summed E-state index contributed by atoms with van der Waals surface area (Å²) in [6.07, 6.45) is 6.44. The van der Waals surface area contributed by atoms with Crippen molar-refractivity contribution in [1.82, 2.24) is 15.0 Å². The fourth-order valence-electron chi connectivity index (χ4n) is 3.27. The summed E-state index contributed by atoms with van der Waals surface area (Å²) >= 11 is 0. The van der Waals surface area contributed by atoms with E-state index in [1.807, 2.05) is 12.1 Å². The molecule has 0 radical (unpaired) electrons. The Balaban J connectivity index is 1.38. The van der Waals surface area contributed by atoms with E-state index in [0.717, 1.165) is 18.6 Å². The number of aromatic nitrogens is 2. The maximum Gasteiger partial charge on any atom is 0.292 e. The lowest BCUT2D eigenvalue weighted by Gasteiger charge is -2.22.